The highest BCUT2D eigenvalue weighted by Crippen LogP contribution is 2.45. The van der Waals surface area contributed by atoms with Crippen LogP contribution in [0.25, 0.3) is 98.4 Å². The average molecular weight is 561 g/mol. The van der Waals surface area contributed by atoms with Crippen LogP contribution in [0.15, 0.2) is 154 Å². The minimum absolute atomic E-state index is 0.907. The smallest absolute Gasteiger partial charge is 0.136 e. The predicted octanol–water partition coefficient (Wildman–Crippen LogP) is 12.3. The molecule has 10 aromatic rings. The summed E-state index contributed by atoms with van der Waals surface area (Å²) in [6, 6.07) is 52.1. The van der Waals surface area contributed by atoms with Crippen molar-refractivity contribution in [1.82, 2.24) is 0 Å². The van der Waals surface area contributed by atoms with Crippen molar-refractivity contribution >= 4 is 76.2 Å². The lowest BCUT2D eigenvalue weighted by Crippen LogP contribution is -1.90. The molecule has 0 aliphatic heterocycles. The molecule has 0 saturated heterocycles. The van der Waals surface area contributed by atoms with E-state index in [1.807, 2.05) is 12.1 Å². The Labute approximate surface area is 252 Å². The molecule has 2 nitrogen and oxygen atoms in total. The van der Waals surface area contributed by atoms with Crippen LogP contribution in [-0.2, 0) is 0 Å². The summed E-state index contributed by atoms with van der Waals surface area (Å²) in [5, 5.41) is 11.9. The topological polar surface area (TPSA) is 26.3 Å². The molecule has 0 spiro atoms. The molecule has 0 unspecified atom stereocenters. The van der Waals surface area contributed by atoms with Gasteiger partial charge in [-0.1, -0.05) is 103 Å². The number of para-hydroxylation sites is 1. The summed E-state index contributed by atoms with van der Waals surface area (Å²) in [4.78, 5) is 0. The fourth-order valence-corrected chi connectivity index (χ4v) is 7.25. The fraction of sp³-hybridized carbons (Fsp3) is 0. The van der Waals surface area contributed by atoms with E-state index in [1.165, 1.54) is 54.6 Å². The van der Waals surface area contributed by atoms with E-state index in [-0.39, 0.29) is 0 Å². The van der Waals surface area contributed by atoms with Gasteiger partial charge in [-0.25, -0.2) is 0 Å². The van der Waals surface area contributed by atoms with Gasteiger partial charge >= 0.3 is 0 Å². The zero-order valence-corrected chi connectivity index (χ0v) is 23.7. The summed E-state index contributed by atoms with van der Waals surface area (Å²) in [6.07, 6.45) is 0. The van der Waals surface area contributed by atoms with Crippen LogP contribution in [0.5, 0.6) is 0 Å². The minimum atomic E-state index is 0.907. The van der Waals surface area contributed by atoms with E-state index in [9.17, 15) is 0 Å². The van der Waals surface area contributed by atoms with Gasteiger partial charge in [-0.05, 0) is 97.0 Å². The lowest BCUT2D eigenvalue weighted by molar-refractivity contribution is 0.669. The normalized spacial score (nSPS) is 12.1. The Kier molecular flexibility index (Phi) is 4.75. The second kappa shape index (κ2) is 8.82. The average Bonchev–Trinajstić information content (AvgIpc) is 3.63. The van der Waals surface area contributed by atoms with Crippen LogP contribution in [0.3, 0.4) is 0 Å². The van der Waals surface area contributed by atoms with E-state index in [4.69, 9.17) is 8.83 Å². The largest absolute Gasteiger partial charge is 0.456 e. The SMILES string of the molecule is c1ccc2cc3c(cc2c1)oc1ccc(-c2c4ccccc4c(-c4ccc5oc6ccccc6c5c4)c4ccccc24)cc13. The Bertz CT molecular complexity index is 2720. The van der Waals surface area contributed by atoms with E-state index >= 15 is 0 Å². The highest BCUT2D eigenvalue weighted by molar-refractivity contribution is 6.23. The van der Waals surface area contributed by atoms with Crippen LogP contribution in [0.2, 0.25) is 0 Å². The maximum absolute atomic E-state index is 6.35. The van der Waals surface area contributed by atoms with E-state index in [0.717, 1.165) is 43.9 Å². The number of furan rings is 2. The Morgan fingerprint density at radius 3 is 1.27 bits per heavy atom. The van der Waals surface area contributed by atoms with Gasteiger partial charge in [0, 0.05) is 21.5 Å². The van der Waals surface area contributed by atoms with Gasteiger partial charge < -0.3 is 8.83 Å². The van der Waals surface area contributed by atoms with Gasteiger partial charge in [-0.15, -0.1) is 0 Å². The summed E-state index contributed by atoms with van der Waals surface area (Å²) in [5.74, 6) is 0. The summed E-state index contributed by atoms with van der Waals surface area (Å²) in [6.45, 7) is 0. The quantitative estimate of drug-likeness (QED) is 0.197. The van der Waals surface area contributed by atoms with Crippen molar-refractivity contribution < 1.29 is 8.83 Å². The molecule has 10 rings (SSSR count). The zero-order chi connectivity index (χ0) is 28.8. The van der Waals surface area contributed by atoms with Crippen molar-refractivity contribution in [3.8, 4) is 22.3 Å². The van der Waals surface area contributed by atoms with Gasteiger partial charge in [0.1, 0.15) is 22.3 Å². The minimum Gasteiger partial charge on any atom is -0.456 e. The van der Waals surface area contributed by atoms with Crippen molar-refractivity contribution in [2.75, 3.05) is 0 Å². The predicted molar refractivity (Wildman–Crippen MR) is 184 cm³/mol. The molecule has 0 N–H and O–H groups in total. The first-order chi connectivity index (χ1) is 21.8. The van der Waals surface area contributed by atoms with Crippen molar-refractivity contribution in [1.29, 1.82) is 0 Å². The summed E-state index contributed by atoms with van der Waals surface area (Å²) >= 11 is 0. The third kappa shape index (κ3) is 3.31. The number of benzene rings is 8. The van der Waals surface area contributed by atoms with E-state index in [2.05, 4.69) is 133 Å². The van der Waals surface area contributed by atoms with Gasteiger partial charge in [-0.2, -0.15) is 0 Å². The van der Waals surface area contributed by atoms with E-state index < -0.39 is 0 Å². The van der Waals surface area contributed by atoms with Crippen LogP contribution in [-0.4, -0.2) is 0 Å². The first kappa shape index (κ1) is 23.7. The number of hydrogen-bond donors (Lipinski definition) is 0. The molecule has 2 aromatic heterocycles. The molecule has 0 bridgehead atoms. The second-order valence-electron chi connectivity index (χ2n) is 11.7. The molecule has 0 aliphatic carbocycles. The molecule has 0 aliphatic rings. The third-order valence-electron chi connectivity index (χ3n) is 9.22. The molecule has 0 atom stereocenters. The molecule has 2 heteroatoms. The summed E-state index contributed by atoms with van der Waals surface area (Å²) in [7, 11) is 0. The lowest BCUT2D eigenvalue weighted by Gasteiger charge is -2.18. The first-order valence-electron chi connectivity index (χ1n) is 15.0. The second-order valence-corrected chi connectivity index (χ2v) is 11.7. The molecule has 8 aromatic carbocycles. The lowest BCUT2D eigenvalue weighted by atomic mass is 9.85. The van der Waals surface area contributed by atoms with Crippen LogP contribution in [0, 0.1) is 0 Å². The van der Waals surface area contributed by atoms with Crippen molar-refractivity contribution in [3.05, 3.63) is 146 Å². The van der Waals surface area contributed by atoms with Gasteiger partial charge in [0.05, 0.1) is 0 Å². The Morgan fingerprint density at radius 1 is 0.273 bits per heavy atom. The third-order valence-corrected chi connectivity index (χ3v) is 9.22. The van der Waals surface area contributed by atoms with E-state index in [0.29, 0.717) is 0 Å². The monoisotopic (exact) mass is 560 g/mol. The Balaban J connectivity index is 1.27. The standard InChI is InChI=1S/C42H24O2/c1-2-10-26-24-40-36(21-25(26)9-1)35-23-28(18-20-39(35)44-40)42-32-14-5-3-12-30(32)41(31-13-4-6-15-33(31)42)27-17-19-38-34(22-27)29-11-7-8-16-37(29)43-38/h1-24H. The maximum Gasteiger partial charge on any atom is 0.136 e. The molecule has 204 valence electrons. The van der Waals surface area contributed by atoms with Crippen LogP contribution in [0.1, 0.15) is 0 Å². The van der Waals surface area contributed by atoms with E-state index in [1.54, 1.807) is 0 Å². The molecule has 0 saturated carbocycles. The Morgan fingerprint density at radius 2 is 0.682 bits per heavy atom. The van der Waals surface area contributed by atoms with Crippen LogP contribution >= 0.6 is 0 Å². The van der Waals surface area contributed by atoms with Crippen molar-refractivity contribution in [3.63, 3.8) is 0 Å². The molecular formula is C42H24O2. The molecule has 0 radical (unpaired) electrons. The molecule has 44 heavy (non-hydrogen) atoms. The van der Waals surface area contributed by atoms with Crippen molar-refractivity contribution in [2.45, 2.75) is 0 Å². The molecule has 0 fully saturated rings. The van der Waals surface area contributed by atoms with Gasteiger partial charge in [-0.3, -0.25) is 0 Å². The van der Waals surface area contributed by atoms with Crippen LogP contribution < -0.4 is 0 Å². The number of rotatable bonds is 2. The molecule has 0 amide bonds. The summed E-state index contributed by atoms with van der Waals surface area (Å²) in [5.41, 5.74) is 8.51. The van der Waals surface area contributed by atoms with Gasteiger partial charge in [0.15, 0.2) is 0 Å². The van der Waals surface area contributed by atoms with Crippen molar-refractivity contribution in [2.24, 2.45) is 0 Å². The Hall–Kier alpha value is -5.86. The maximum atomic E-state index is 6.35. The van der Waals surface area contributed by atoms with Crippen LogP contribution in [0.4, 0.5) is 0 Å². The summed E-state index contributed by atoms with van der Waals surface area (Å²) < 4.78 is 12.5. The molecular weight excluding hydrogens is 536 g/mol. The number of hydrogen-bond acceptors (Lipinski definition) is 2. The molecule has 2 heterocycles. The van der Waals surface area contributed by atoms with Gasteiger partial charge in [0.2, 0.25) is 0 Å². The highest BCUT2D eigenvalue weighted by Gasteiger charge is 2.19. The first-order valence-corrected chi connectivity index (χ1v) is 15.0. The van der Waals surface area contributed by atoms with Gasteiger partial charge in [0.25, 0.3) is 0 Å². The zero-order valence-electron chi connectivity index (χ0n) is 23.7. The number of fused-ring (bicyclic) bond motifs is 9. The highest BCUT2D eigenvalue weighted by atomic mass is 16.3. The fourth-order valence-electron chi connectivity index (χ4n) is 7.25.